The molecule has 0 spiro atoms. The maximum atomic E-state index is 11.2. The van der Waals surface area contributed by atoms with Gasteiger partial charge in [-0.1, -0.05) is 12.8 Å². The van der Waals surface area contributed by atoms with Gasteiger partial charge in [0.1, 0.15) is 0 Å². The highest BCUT2D eigenvalue weighted by Crippen LogP contribution is 2.38. The van der Waals surface area contributed by atoms with Gasteiger partial charge in [0.05, 0.1) is 0 Å². The third-order valence-electron chi connectivity index (χ3n) is 4.34. The van der Waals surface area contributed by atoms with E-state index in [-0.39, 0.29) is 0 Å². The fourth-order valence-corrected chi connectivity index (χ4v) is 3.47. The summed E-state index contributed by atoms with van der Waals surface area (Å²) in [7, 11) is 0. The number of carbonyl (C=O) groups excluding carboxylic acids is 1. The molecule has 2 atom stereocenters. The van der Waals surface area contributed by atoms with Crippen LogP contribution in [0.4, 0.5) is 0 Å². The van der Waals surface area contributed by atoms with Crippen LogP contribution in [0.1, 0.15) is 38.5 Å². The second-order valence-electron chi connectivity index (χ2n) is 5.31. The number of rotatable bonds is 1. The van der Waals surface area contributed by atoms with E-state index in [9.17, 15) is 4.79 Å². The first-order valence-electron chi connectivity index (χ1n) is 6.31. The maximum Gasteiger partial charge on any atom is 0.157 e. The van der Waals surface area contributed by atoms with Crippen LogP contribution in [0.2, 0.25) is 0 Å². The Labute approximate surface area is 91.3 Å². The quantitative estimate of drug-likeness (QED) is 0.655. The van der Waals surface area contributed by atoms with Crippen LogP contribution >= 0.6 is 0 Å². The van der Waals surface area contributed by atoms with Gasteiger partial charge in [-0.05, 0) is 31.1 Å². The van der Waals surface area contributed by atoms with Crippen molar-refractivity contribution >= 4 is 5.78 Å². The standard InChI is InChI=1S/C13H19NO/c15-13-6-5-12(7-13)14-8-10-3-1-2-4-11(10)9-14/h7,10-11H,1-6,8-9H2/t10-,11+. The molecule has 0 aromatic rings. The normalized spacial score (nSPS) is 35.6. The lowest BCUT2D eigenvalue weighted by Crippen LogP contribution is -2.19. The molecule has 0 amide bonds. The average Bonchev–Trinajstić information content (AvgIpc) is 2.82. The maximum absolute atomic E-state index is 11.2. The van der Waals surface area contributed by atoms with Gasteiger partial charge in [-0.15, -0.1) is 0 Å². The number of carbonyl (C=O) groups is 1. The molecule has 3 aliphatic rings. The molecule has 0 bridgehead atoms. The Morgan fingerprint density at radius 3 is 2.27 bits per heavy atom. The lowest BCUT2D eigenvalue weighted by molar-refractivity contribution is -0.114. The highest BCUT2D eigenvalue weighted by Gasteiger charge is 2.35. The van der Waals surface area contributed by atoms with Gasteiger partial charge >= 0.3 is 0 Å². The molecule has 1 aliphatic heterocycles. The van der Waals surface area contributed by atoms with Gasteiger partial charge < -0.3 is 4.90 Å². The van der Waals surface area contributed by atoms with Crippen molar-refractivity contribution in [1.82, 2.24) is 4.90 Å². The summed E-state index contributed by atoms with van der Waals surface area (Å²) in [5, 5.41) is 0. The van der Waals surface area contributed by atoms with Crippen LogP contribution < -0.4 is 0 Å². The van der Waals surface area contributed by atoms with Gasteiger partial charge in [0.2, 0.25) is 0 Å². The summed E-state index contributed by atoms with van der Waals surface area (Å²) in [6.07, 6.45) is 9.32. The smallest absolute Gasteiger partial charge is 0.157 e. The van der Waals surface area contributed by atoms with E-state index < -0.39 is 0 Å². The molecule has 1 saturated heterocycles. The summed E-state index contributed by atoms with van der Waals surface area (Å²) < 4.78 is 0. The minimum atomic E-state index is 0.333. The van der Waals surface area contributed by atoms with Crippen molar-refractivity contribution in [3.05, 3.63) is 11.8 Å². The summed E-state index contributed by atoms with van der Waals surface area (Å²) in [6, 6.07) is 0. The third-order valence-corrected chi connectivity index (χ3v) is 4.34. The van der Waals surface area contributed by atoms with E-state index >= 15 is 0 Å². The predicted molar refractivity (Wildman–Crippen MR) is 59.3 cm³/mol. The van der Waals surface area contributed by atoms with Gasteiger partial charge in [-0.3, -0.25) is 4.79 Å². The van der Waals surface area contributed by atoms with Crippen molar-refractivity contribution in [2.45, 2.75) is 38.5 Å². The number of fused-ring (bicyclic) bond motifs is 1. The van der Waals surface area contributed by atoms with Crippen LogP contribution in [-0.2, 0) is 4.79 Å². The Morgan fingerprint density at radius 2 is 1.73 bits per heavy atom. The summed E-state index contributed by atoms with van der Waals surface area (Å²) in [5.74, 6) is 2.19. The second-order valence-corrected chi connectivity index (χ2v) is 5.31. The van der Waals surface area contributed by atoms with Crippen molar-refractivity contribution in [1.29, 1.82) is 0 Å². The largest absolute Gasteiger partial charge is 0.374 e. The molecule has 1 heterocycles. The molecule has 3 rings (SSSR count). The zero-order valence-electron chi connectivity index (χ0n) is 9.24. The highest BCUT2D eigenvalue weighted by atomic mass is 16.1. The average molecular weight is 205 g/mol. The minimum Gasteiger partial charge on any atom is -0.374 e. The van der Waals surface area contributed by atoms with Crippen LogP contribution in [0.25, 0.3) is 0 Å². The first-order valence-corrected chi connectivity index (χ1v) is 6.31. The van der Waals surface area contributed by atoms with Crippen molar-refractivity contribution in [3.8, 4) is 0 Å². The molecular formula is C13H19NO. The molecule has 0 aromatic heterocycles. The topological polar surface area (TPSA) is 20.3 Å². The Bertz CT molecular complexity index is 294. The number of allylic oxidation sites excluding steroid dienone is 2. The van der Waals surface area contributed by atoms with Crippen LogP contribution in [0, 0.1) is 11.8 Å². The monoisotopic (exact) mass is 205 g/mol. The molecule has 2 aliphatic carbocycles. The van der Waals surface area contributed by atoms with Crippen molar-refractivity contribution in [3.63, 3.8) is 0 Å². The summed E-state index contributed by atoms with van der Waals surface area (Å²) in [5.41, 5.74) is 1.33. The number of likely N-dealkylation sites (tertiary alicyclic amines) is 1. The molecule has 1 saturated carbocycles. The van der Waals surface area contributed by atoms with Crippen LogP contribution in [0.3, 0.4) is 0 Å². The molecule has 0 N–H and O–H groups in total. The van der Waals surface area contributed by atoms with Gasteiger partial charge in [0, 0.05) is 31.3 Å². The first-order chi connectivity index (χ1) is 7.33. The molecule has 2 nitrogen and oxygen atoms in total. The first kappa shape index (κ1) is 9.44. The van der Waals surface area contributed by atoms with E-state index in [1.54, 1.807) is 0 Å². The Balaban J connectivity index is 1.70. The molecule has 15 heavy (non-hydrogen) atoms. The fourth-order valence-electron chi connectivity index (χ4n) is 3.47. The lowest BCUT2D eigenvalue weighted by Gasteiger charge is -2.22. The Kier molecular flexibility index (Phi) is 2.30. The van der Waals surface area contributed by atoms with E-state index in [1.807, 2.05) is 6.08 Å². The van der Waals surface area contributed by atoms with Gasteiger partial charge in [-0.2, -0.15) is 0 Å². The number of hydrogen-bond donors (Lipinski definition) is 0. The predicted octanol–water partition coefficient (Wildman–Crippen LogP) is 2.36. The van der Waals surface area contributed by atoms with E-state index in [4.69, 9.17) is 0 Å². The summed E-state index contributed by atoms with van der Waals surface area (Å²) in [6.45, 7) is 2.45. The van der Waals surface area contributed by atoms with Gasteiger partial charge in [0.15, 0.2) is 5.78 Å². The van der Waals surface area contributed by atoms with Crippen molar-refractivity contribution in [2.24, 2.45) is 11.8 Å². The zero-order valence-corrected chi connectivity index (χ0v) is 9.24. The molecule has 0 radical (unpaired) electrons. The second kappa shape index (κ2) is 3.66. The molecular weight excluding hydrogens is 186 g/mol. The lowest BCUT2D eigenvalue weighted by atomic mass is 9.82. The van der Waals surface area contributed by atoms with Crippen molar-refractivity contribution in [2.75, 3.05) is 13.1 Å². The summed E-state index contributed by atoms with van der Waals surface area (Å²) in [4.78, 5) is 13.7. The van der Waals surface area contributed by atoms with E-state index in [2.05, 4.69) is 4.90 Å². The zero-order chi connectivity index (χ0) is 10.3. The van der Waals surface area contributed by atoms with Crippen LogP contribution in [0.5, 0.6) is 0 Å². The van der Waals surface area contributed by atoms with E-state index in [0.29, 0.717) is 5.78 Å². The molecule has 0 unspecified atom stereocenters. The SMILES string of the molecule is O=C1C=C(N2C[C@H]3CCCC[C@H]3C2)CC1. The minimum absolute atomic E-state index is 0.333. The van der Waals surface area contributed by atoms with Crippen LogP contribution in [0.15, 0.2) is 11.8 Å². The van der Waals surface area contributed by atoms with E-state index in [1.165, 1.54) is 44.5 Å². The van der Waals surface area contributed by atoms with Gasteiger partial charge in [-0.25, -0.2) is 0 Å². The third kappa shape index (κ3) is 1.70. The van der Waals surface area contributed by atoms with Gasteiger partial charge in [0.25, 0.3) is 0 Å². The fraction of sp³-hybridized carbons (Fsp3) is 0.769. The summed E-state index contributed by atoms with van der Waals surface area (Å²) >= 11 is 0. The van der Waals surface area contributed by atoms with Crippen LogP contribution in [-0.4, -0.2) is 23.8 Å². The number of hydrogen-bond acceptors (Lipinski definition) is 2. The number of ketones is 1. The Morgan fingerprint density at radius 1 is 1.07 bits per heavy atom. The van der Waals surface area contributed by atoms with E-state index in [0.717, 1.165) is 24.7 Å². The molecule has 2 fully saturated rings. The highest BCUT2D eigenvalue weighted by molar-refractivity contribution is 5.92. The molecule has 0 aromatic carbocycles. The number of nitrogens with zero attached hydrogens (tertiary/aromatic N) is 1. The van der Waals surface area contributed by atoms with Crippen molar-refractivity contribution < 1.29 is 4.79 Å². The Hall–Kier alpha value is -0.790. The molecule has 2 heteroatoms. The molecule has 82 valence electrons.